The number of carbonyl (C=O) groups excluding carboxylic acids is 2. The molecule has 1 heterocycles. The minimum absolute atomic E-state index is 0.0436. The van der Waals surface area contributed by atoms with E-state index in [0.29, 0.717) is 12.0 Å². The fourth-order valence-electron chi connectivity index (χ4n) is 3.16. The summed E-state index contributed by atoms with van der Waals surface area (Å²) >= 11 is 2.17. The SMILES string of the molecule is C[C@H]1C[C@@H](C(N)=O)c2ccccc2N1C(=O)c1ccccc1I. The van der Waals surface area contributed by atoms with E-state index in [-0.39, 0.29) is 23.8 Å². The standard InChI is InChI=1S/C18H17IN2O2/c1-11-10-14(17(20)22)12-6-3-5-9-16(12)21(11)18(23)13-7-2-4-8-15(13)19/h2-9,11,14H,10H2,1H3,(H2,20,22)/t11-,14+/m0/s1. The Morgan fingerprint density at radius 2 is 1.78 bits per heavy atom. The summed E-state index contributed by atoms with van der Waals surface area (Å²) in [5, 5.41) is 0. The van der Waals surface area contributed by atoms with E-state index in [1.54, 1.807) is 4.90 Å². The lowest BCUT2D eigenvalue weighted by molar-refractivity contribution is -0.119. The lowest BCUT2D eigenvalue weighted by Gasteiger charge is -2.38. The number of benzene rings is 2. The molecule has 5 heteroatoms. The Kier molecular flexibility index (Phi) is 4.39. The summed E-state index contributed by atoms with van der Waals surface area (Å²) < 4.78 is 0.914. The summed E-state index contributed by atoms with van der Waals surface area (Å²) in [6, 6.07) is 15.0. The quantitative estimate of drug-likeness (QED) is 0.758. The van der Waals surface area contributed by atoms with Gasteiger partial charge in [0.1, 0.15) is 0 Å². The Balaban J connectivity index is 2.09. The van der Waals surface area contributed by atoms with Crippen molar-refractivity contribution in [2.75, 3.05) is 4.90 Å². The highest BCUT2D eigenvalue weighted by Crippen LogP contribution is 2.39. The maximum atomic E-state index is 13.1. The first kappa shape index (κ1) is 16.0. The van der Waals surface area contributed by atoms with E-state index in [1.807, 2.05) is 55.5 Å². The van der Waals surface area contributed by atoms with Crippen LogP contribution in [0, 0.1) is 3.57 Å². The molecule has 0 spiro atoms. The molecule has 3 rings (SSSR count). The topological polar surface area (TPSA) is 63.4 Å². The van der Waals surface area contributed by atoms with Gasteiger partial charge >= 0.3 is 0 Å². The second kappa shape index (κ2) is 6.31. The fraction of sp³-hybridized carbons (Fsp3) is 0.222. The van der Waals surface area contributed by atoms with Crippen molar-refractivity contribution in [2.24, 2.45) is 5.73 Å². The second-order valence-electron chi connectivity index (χ2n) is 5.75. The zero-order valence-electron chi connectivity index (χ0n) is 12.7. The molecule has 23 heavy (non-hydrogen) atoms. The molecular weight excluding hydrogens is 403 g/mol. The van der Waals surface area contributed by atoms with E-state index in [2.05, 4.69) is 22.6 Å². The van der Waals surface area contributed by atoms with Crippen molar-refractivity contribution in [3.63, 3.8) is 0 Å². The highest BCUT2D eigenvalue weighted by Gasteiger charge is 2.36. The first-order valence-electron chi connectivity index (χ1n) is 7.47. The molecule has 0 bridgehead atoms. The van der Waals surface area contributed by atoms with Gasteiger partial charge in [0.2, 0.25) is 5.91 Å². The van der Waals surface area contributed by atoms with Gasteiger partial charge in [0.25, 0.3) is 5.91 Å². The van der Waals surface area contributed by atoms with E-state index in [0.717, 1.165) is 14.8 Å². The van der Waals surface area contributed by atoms with Crippen LogP contribution < -0.4 is 10.6 Å². The van der Waals surface area contributed by atoms with Crippen molar-refractivity contribution in [3.05, 3.63) is 63.2 Å². The summed E-state index contributed by atoms with van der Waals surface area (Å²) in [5.41, 5.74) is 7.84. The van der Waals surface area contributed by atoms with E-state index < -0.39 is 0 Å². The molecular formula is C18H17IN2O2. The van der Waals surface area contributed by atoms with Crippen molar-refractivity contribution < 1.29 is 9.59 Å². The number of nitrogens with zero attached hydrogens (tertiary/aromatic N) is 1. The molecule has 4 nitrogen and oxygen atoms in total. The molecule has 0 aliphatic carbocycles. The summed E-state index contributed by atoms with van der Waals surface area (Å²) in [4.78, 5) is 26.6. The Hall–Kier alpha value is -1.89. The summed E-state index contributed by atoms with van der Waals surface area (Å²) in [5.74, 6) is -0.733. The van der Waals surface area contributed by atoms with Gasteiger partial charge in [0, 0.05) is 15.3 Å². The number of amides is 2. The maximum Gasteiger partial charge on any atom is 0.259 e. The molecule has 1 aliphatic rings. The molecule has 2 N–H and O–H groups in total. The van der Waals surface area contributed by atoms with Gasteiger partial charge in [0.05, 0.1) is 11.5 Å². The van der Waals surface area contributed by atoms with Crippen molar-refractivity contribution >= 4 is 40.1 Å². The molecule has 1 aliphatic heterocycles. The first-order chi connectivity index (χ1) is 11.0. The Morgan fingerprint density at radius 3 is 2.48 bits per heavy atom. The summed E-state index contributed by atoms with van der Waals surface area (Å²) in [7, 11) is 0. The predicted molar refractivity (Wildman–Crippen MR) is 98.4 cm³/mol. The summed E-state index contributed by atoms with van der Waals surface area (Å²) in [6.45, 7) is 1.96. The third kappa shape index (κ3) is 2.85. The third-order valence-corrected chi connectivity index (χ3v) is 5.20. The van der Waals surface area contributed by atoms with Gasteiger partial charge in [-0.15, -0.1) is 0 Å². The van der Waals surface area contributed by atoms with Crippen LogP contribution >= 0.6 is 22.6 Å². The van der Waals surface area contributed by atoms with Crippen LogP contribution in [0.15, 0.2) is 48.5 Å². The van der Waals surface area contributed by atoms with Crippen LogP contribution in [0.1, 0.15) is 35.2 Å². The van der Waals surface area contributed by atoms with Crippen LogP contribution in [0.25, 0.3) is 0 Å². The van der Waals surface area contributed by atoms with Crippen LogP contribution in [-0.2, 0) is 4.79 Å². The number of anilines is 1. The molecule has 0 fully saturated rings. The Bertz CT molecular complexity index is 775. The van der Waals surface area contributed by atoms with Gasteiger partial charge in [-0.1, -0.05) is 30.3 Å². The van der Waals surface area contributed by atoms with Crippen LogP contribution in [0.2, 0.25) is 0 Å². The molecule has 2 aromatic carbocycles. The monoisotopic (exact) mass is 420 g/mol. The van der Waals surface area contributed by atoms with Crippen LogP contribution in [0.4, 0.5) is 5.69 Å². The lowest BCUT2D eigenvalue weighted by Crippen LogP contribution is -2.45. The van der Waals surface area contributed by atoms with E-state index in [4.69, 9.17) is 5.73 Å². The van der Waals surface area contributed by atoms with Crippen molar-refractivity contribution in [2.45, 2.75) is 25.3 Å². The number of nitrogens with two attached hydrogens (primary N) is 1. The molecule has 0 radical (unpaired) electrons. The molecule has 0 saturated heterocycles. The highest BCUT2D eigenvalue weighted by atomic mass is 127. The molecule has 0 saturated carbocycles. The molecule has 2 amide bonds. The molecule has 0 aromatic heterocycles. The minimum atomic E-state index is -0.347. The number of fused-ring (bicyclic) bond motifs is 1. The average Bonchev–Trinajstić information content (AvgIpc) is 2.54. The minimum Gasteiger partial charge on any atom is -0.369 e. The molecule has 2 aromatic rings. The number of carbonyl (C=O) groups is 2. The third-order valence-electron chi connectivity index (χ3n) is 4.26. The smallest absolute Gasteiger partial charge is 0.259 e. The average molecular weight is 420 g/mol. The molecule has 118 valence electrons. The van der Waals surface area contributed by atoms with Gasteiger partial charge in [-0.05, 0) is 59.7 Å². The maximum absolute atomic E-state index is 13.1. The molecule has 2 atom stereocenters. The highest BCUT2D eigenvalue weighted by molar-refractivity contribution is 14.1. The van der Waals surface area contributed by atoms with Gasteiger partial charge in [0.15, 0.2) is 0 Å². The largest absolute Gasteiger partial charge is 0.369 e. The van der Waals surface area contributed by atoms with E-state index in [1.165, 1.54) is 0 Å². The Morgan fingerprint density at radius 1 is 1.13 bits per heavy atom. The number of hydrogen-bond donors (Lipinski definition) is 1. The van der Waals surface area contributed by atoms with Crippen molar-refractivity contribution in [1.82, 2.24) is 0 Å². The van der Waals surface area contributed by atoms with Gasteiger partial charge in [-0.2, -0.15) is 0 Å². The second-order valence-corrected chi connectivity index (χ2v) is 6.92. The van der Waals surface area contributed by atoms with Crippen LogP contribution in [0.3, 0.4) is 0 Å². The van der Waals surface area contributed by atoms with Gasteiger partial charge in [-0.3, -0.25) is 9.59 Å². The lowest BCUT2D eigenvalue weighted by atomic mass is 9.85. The normalized spacial score (nSPS) is 20.0. The zero-order chi connectivity index (χ0) is 16.6. The predicted octanol–water partition coefficient (Wildman–Crippen LogP) is 3.30. The zero-order valence-corrected chi connectivity index (χ0v) is 14.9. The number of halogens is 1. The van der Waals surface area contributed by atoms with E-state index in [9.17, 15) is 9.59 Å². The number of rotatable bonds is 2. The number of hydrogen-bond acceptors (Lipinski definition) is 2. The van der Waals surface area contributed by atoms with Crippen molar-refractivity contribution in [3.8, 4) is 0 Å². The van der Waals surface area contributed by atoms with E-state index >= 15 is 0 Å². The first-order valence-corrected chi connectivity index (χ1v) is 8.55. The molecule has 0 unspecified atom stereocenters. The van der Waals surface area contributed by atoms with Gasteiger partial charge in [-0.25, -0.2) is 0 Å². The van der Waals surface area contributed by atoms with Crippen LogP contribution in [-0.4, -0.2) is 17.9 Å². The Labute approximate surface area is 148 Å². The number of primary amides is 1. The van der Waals surface area contributed by atoms with Crippen molar-refractivity contribution in [1.29, 1.82) is 0 Å². The van der Waals surface area contributed by atoms with Gasteiger partial charge < -0.3 is 10.6 Å². The number of para-hydroxylation sites is 1. The summed E-state index contributed by atoms with van der Waals surface area (Å²) in [6.07, 6.45) is 0.543. The fourth-order valence-corrected chi connectivity index (χ4v) is 3.77. The van der Waals surface area contributed by atoms with Crippen LogP contribution in [0.5, 0.6) is 0 Å².